The van der Waals surface area contributed by atoms with Crippen molar-refractivity contribution < 1.29 is 23.1 Å². The first-order valence-electron chi connectivity index (χ1n) is 9.97. The fourth-order valence-electron chi connectivity index (χ4n) is 4.33. The number of hydrogen-bond acceptors (Lipinski definition) is 4. The van der Waals surface area contributed by atoms with Gasteiger partial charge in [0.25, 0.3) is 5.91 Å². The fourth-order valence-corrected chi connectivity index (χ4v) is 4.33. The third kappa shape index (κ3) is 3.97. The van der Waals surface area contributed by atoms with Gasteiger partial charge in [0, 0.05) is 37.8 Å². The van der Waals surface area contributed by atoms with Crippen molar-refractivity contribution in [2.75, 3.05) is 19.7 Å². The normalized spacial score (nSPS) is 16.8. The molecule has 158 valence electrons. The van der Waals surface area contributed by atoms with Gasteiger partial charge in [-0.05, 0) is 50.3 Å². The number of halogens is 2. The minimum atomic E-state index is -3.34. The van der Waals surface area contributed by atoms with Crippen molar-refractivity contribution in [2.24, 2.45) is 5.92 Å². The molecule has 2 aromatic heterocycles. The van der Waals surface area contributed by atoms with Crippen LogP contribution in [0.15, 0.2) is 18.3 Å². The zero-order valence-corrected chi connectivity index (χ0v) is 17.2. The number of piperidine rings is 1. The SMILES string of the molecule is CCOC(=O)c1c(C)c(C(C)C2CCN(C(=O)C(C)(F)F)CC2)n2ncccc12. The number of rotatable bonds is 5. The van der Waals surface area contributed by atoms with Gasteiger partial charge in [0.05, 0.1) is 17.7 Å². The predicted molar refractivity (Wildman–Crippen MR) is 104 cm³/mol. The minimum absolute atomic E-state index is 0.0416. The Hall–Kier alpha value is -2.51. The van der Waals surface area contributed by atoms with Crippen molar-refractivity contribution in [2.45, 2.75) is 52.4 Å². The molecule has 0 saturated carbocycles. The lowest BCUT2D eigenvalue weighted by Crippen LogP contribution is -2.46. The largest absolute Gasteiger partial charge is 0.462 e. The van der Waals surface area contributed by atoms with Crippen LogP contribution in [0, 0.1) is 12.8 Å². The van der Waals surface area contributed by atoms with Gasteiger partial charge in [-0.1, -0.05) is 6.92 Å². The number of alkyl halides is 2. The van der Waals surface area contributed by atoms with Crippen LogP contribution < -0.4 is 0 Å². The second-order valence-electron chi connectivity index (χ2n) is 7.73. The van der Waals surface area contributed by atoms with Crippen LogP contribution in [-0.4, -0.2) is 52.0 Å². The molecule has 1 aliphatic rings. The van der Waals surface area contributed by atoms with Gasteiger partial charge >= 0.3 is 11.9 Å². The van der Waals surface area contributed by atoms with Gasteiger partial charge in [-0.15, -0.1) is 0 Å². The Morgan fingerprint density at radius 1 is 1.34 bits per heavy atom. The summed E-state index contributed by atoms with van der Waals surface area (Å²) in [4.78, 5) is 25.6. The molecule has 2 aromatic rings. The Kier molecular flexibility index (Phi) is 5.91. The molecule has 0 radical (unpaired) electrons. The van der Waals surface area contributed by atoms with E-state index in [0.29, 0.717) is 43.9 Å². The number of ether oxygens (including phenoxy) is 1. The number of carbonyl (C=O) groups is 2. The fraction of sp³-hybridized carbons (Fsp3) is 0.571. The van der Waals surface area contributed by atoms with E-state index in [1.54, 1.807) is 23.7 Å². The molecule has 1 atom stereocenters. The summed E-state index contributed by atoms with van der Waals surface area (Å²) < 4.78 is 33.7. The first-order valence-corrected chi connectivity index (χ1v) is 9.97. The first kappa shape index (κ1) is 21.2. The maximum Gasteiger partial charge on any atom is 0.340 e. The second-order valence-corrected chi connectivity index (χ2v) is 7.73. The predicted octanol–water partition coefficient (Wildman–Crippen LogP) is 3.82. The van der Waals surface area contributed by atoms with E-state index in [9.17, 15) is 18.4 Å². The molecule has 29 heavy (non-hydrogen) atoms. The van der Waals surface area contributed by atoms with Crippen molar-refractivity contribution in [1.82, 2.24) is 14.5 Å². The van der Waals surface area contributed by atoms with E-state index in [-0.39, 0.29) is 24.4 Å². The van der Waals surface area contributed by atoms with Crippen LogP contribution in [0.1, 0.15) is 61.1 Å². The number of aromatic nitrogens is 2. The summed E-state index contributed by atoms with van der Waals surface area (Å²) in [7, 11) is 0. The molecule has 0 aliphatic carbocycles. The van der Waals surface area contributed by atoms with E-state index in [0.717, 1.165) is 11.3 Å². The Bertz CT molecular complexity index is 912. The number of amides is 1. The highest BCUT2D eigenvalue weighted by Crippen LogP contribution is 2.37. The van der Waals surface area contributed by atoms with Crippen LogP contribution in [0.3, 0.4) is 0 Å². The quantitative estimate of drug-likeness (QED) is 0.707. The molecular formula is C21H27F2N3O3. The van der Waals surface area contributed by atoms with Crippen LogP contribution in [0.2, 0.25) is 0 Å². The number of likely N-dealkylation sites (tertiary alicyclic amines) is 1. The third-order valence-corrected chi connectivity index (χ3v) is 5.81. The van der Waals surface area contributed by atoms with Crippen LogP contribution >= 0.6 is 0 Å². The van der Waals surface area contributed by atoms with Crippen molar-refractivity contribution in [3.8, 4) is 0 Å². The molecule has 0 spiro atoms. The molecule has 1 amide bonds. The molecule has 3 rings (SSSR count). The van der Waals surface area contributed by atoms with E-state index in [1.807, 2.05) is 13.0 Å². The number of hydrogen-bond donors (Lipinski definition) is 0. The molecule has 0 bridgehead atoms. The van der Waals surface area contributed by atoms with E-state index in [1.165, 1.54) is 4.90 Å². The standard InChI is InChI=1S/C21H27F2N3O3/c1-5-29-19(27)17-14(3)18(26-16(17)7-6-10-24-26)13(2)15-8-11-25(12-9-15)20(28)21(4,22)23/h6-7,10,13,15H,5,8-9,11-12H2,1-4H3. The molecule has 1 saturated heterocycles. The van der Waals surface area contributed by atoms with E-state index < -0.39 is 11.8 Å². The van der Waals surface area contributed by atoms with Gasteiger partial charge in [-0.25, -0.2) is 9.31 Å². The summed E-state index contributed by atoms with van der Waals surface area (Å²) in [5, 5.41) is 4.44. The Morgan fingerprint density at radius 3 is 2.59 bits per heavy atom. The summed E-state index contributed by atoms with van der Waals surface area (Å²) in [6.07, 6.45) is 2.91. The molecule has 6 nitrogen and oxygen atoms in total. The minimum Gasteiger partial charge on any atom is -0.462 e. The monoisotopic (exact) mass is 407 g/mol. The van der Waals surface area contributed by atoms with Crippen LogP contribution in [0.5, 0.6) is 0 Å². The van der Waals surface area contributed by atoms with Crippen LogP contribution in [0.4, 0.5) is 8.78 Å². The zero-order valence-electron chi connectivity index (χ0n) is 17.2. The molecule has 1 fully saturated rings. The Balaban J connectivity index is 1.87. The van der Waals surface area contributed by atoms with Crippen molar-refractivity contribution >= 4 is 17.4 Å². The van der Waals surface area contributed by atoms with Crippen molar-refractivity contribution in [1.29, 1.82) is 0 Å². The molecule has 3 heterocycles. The highest BCUT2D eigenvalue weighted by molar-refractivity contribution is 5.99. The van der Waals surface area contributed by atoms with Crippen molar-refractivity contribution in [3.05, 3.63) is 35.2 Å². The second kappa shape index (κ2) is 8.08. The van der Waals surface area contributed by atoms with Gasteiger partial charge in [0.1, 0.15) is 0 Å². The number of carbonyl (C=O) groups excluding carboxylic acids is 2. The van der Waals surface area contributed by atoms with Gasteiger partial charge in [0.2, 0.25) is 0 Å². The lowest BCUT2D eigenvalue weighted by Gasteiger charge is -2.36. The molecule has 0 N–H and O–H groups in total. The summed E-state index contributed by atoms with van der Waals surface area (Å²) in [6, 6.07) is 3.62. The van der Waals surface area contributed by atoms with Gasteiger partial charge in [-0.2, -0.15) is 13.9 Å². The van der Waals surface area contributed by atoms with Gasteiger partial charge in [0.15, 0.2) is 0 Å². The molecule has 1 aliphatic heterocycles. The van der Waals surface area contributed by atoms with Gasteiger partial charge in [-0.3, -0.25) is 4.79 Å². The molecular weight excluding hydrogens is 380 g/mol. The number of nitrogens with zero attached hydrogens (tertiary/aromatic N) is 3. The average molecular weight is 407 g/mol. The molecule has 1 unspecified atom stereocenters. The van der Waals surface area contributed by atoms with Crippen LogP contribution in [-0.2, 0) is 9.53 Å². The van der Waals surface area contributed by atoms with E-state index in [4.69, 9.17) is 4.74 Å². The highest BCUT2D eigenvalue weighted by atomic mass is 19.3. The summed E-state index contributed by atoms with van der Waals surface area (Å²) in [6.45, 7) is 7.26. The van der Waals surface area contributed by atoms with Gasteiger partial charge < -0.3 is 9.64 Å². The maximum absolute atomic E-state index is 13.3. The average Bonchev–Trinajstić information content (AvgIpc) is 2.98. The highest BCUT2D eigenvalue weighted by Gasteiger charge is 2.39. The van der Waals surface area contributed by atoms with E-state index >= 15 is 0 Å². The number of esters is 1. The first-order chi connectivity index (χ1) is 13.7. The summed E-state index contributed by atoms with van der Waals surface area (Å²) >= 11 is 0. The lowest BCUT2D eigenvalue weighted by atomic mass is 9.82. The third-order valence-electron chi connectivity index (χ3n) is 5.81. The lowest BCUT2D eigenvalue weighted by molar-refractivity contribution is -0.156. The number of fused-ring (bicyclic) bond motifs is 1. The smallest absolute Gasteiger partial charge is 0.340 e. The summed E-state index contributed by atoms with van der Waals surface area (Å²) in [5.41, 5.74) is 2.96. The molecule has 0 aromatic carbocycles. The topological polar surface area (TPSA) is 63.9 Å². The van der Waals surface area contributed by atoms with Crippen LogP contribution in [0.25, 0.3) is 5.52 Å². The van der Waals surface area contributed by atoms with E-state index in [2.05, 4.69) is 12.0 Å². The Morgan fingerprint density at radius 2 is 2.00 bits per heavy atom. The molecule has 8 heteroatoms. The van der Waals surface area contributed by atoms with Crippen molar-refractivity contribution in [3.63, 3.8) is 0 Å². The Labute approximate surface area is 168 Å². The maximum atomic E-state index is 13.3. The zero-order chi connectivity index (χ0) is 21.3. The summed E-state index contributed by atoms with van der Waals surface area (Å²) in [5.74, 6) is -4.59.